The van der Waals surface area contributed by atoms with Crippen LogP contribution in [0.2, 0.25) is 0 Å². The van der Waals surface area contributed by atoms with Gasteiger partial charge >= 0.3 is 7.55 Å². The zero-order chi connectivity index (χ0) is 16.5. The van der Waals surface area contributed by atoms with Gasteiger partial charge in [-0.15, -0.1) is 0 Å². The first-order valence-electron chi connectivity index (χ1n) is 8.12. The van der Waals surface area contributed by atoms with E-state index in [1.165, 1.54) is 5.69 Å². The second-order valence-corrected chi connectivity index (χ2v) is 6.12. The Morgan fingerprint density at radius 3 is 2.24 bits per heavy atom. The molecule has 0 saturated heterocycles. The van der Waals surface area contributed by atoms with E-state index in [-0.39, 0.29) is 20.1 Å². The molecule has 0 saturated carbocycles. The molecule has 0 unspecified atom stereocenters. The number of rotatable bonds is 3. The second kappa shape index (κ2) is 7.38. The van der Waals surface area contributed by atoms with Crippen LogP contribution in [0.4, 0.5) is 17.2 Å². The zero-order valence-corrected chi connectivity index (χ0v) is 16.5. The number of para-hydroxylation sites is 2. The topological polar surface area (TPSA) is 32.3 Å². The third kappa shape index (κ3) is 3.32. The van der Waals surface area contributed by atoms with Crippen LogP contribution in [0.3, 0.4) is 0 Å². The van der Waals surface area contributed by atoms with Crippen LogP contribution in [-0.2, 0) is 20.1 Å². The van der Waals surface area contributed by atoms with E-state index < -0.39 is 0 Å². The Balaban J connectivity index is 0.00000182. The van der Waals surface area contributed by atoms with Gasteiger partial charge in [-0.2, -0.15) is 0 Å². The molecule has 3 aromatic rings. The number of hydrogen-bond donors (Lipinski definition) is 0. The van der Waals surface area contributed by atoms with Gasteiger partial charge in [0.05, 0.1) is 5.69 Å². The average molecular weight is 505 g/mol. The minimum Gasteiger partial charge on any atom is -0.395 e. The Morgan fingerprint density at radius 2 is 1.60 bits per heavy atom. The van der Waals surface area contributed by atoms with Crippen molar-refractivity contribution in [3.63, 3.8) is 0 Å². The quantitative estimate of drug-likeness (QED) is 0.504. The third-order valence-electron chi connectivity index (χ3n) is 4.22. The monoisotopic (exact) mass is 506 g/mol. The summed E-state index contributed by atoms with van der Waals surface area (Å²) in [6.07, 6.45) is 5.52. The Labute approximate surface area is 162 Å². The summed E-state index contributed by atoms with van der Waals surface area (Å²) in [7, 11) is 2.13. The van der Waals surface area contributed by atoms with Crippen molar-refractivity contribution >= 4 is 24.7 Å². The maximum atomic E-state index is 4.68. The average Bonchev–Trinajstić information content (AvgIpc) is 3.03. The van der Waals surface area contributed by atoms with Crippen LogP contribution in [-0.4, -0.2) is 23.6 Å². The molecule has 6 heteroatoms. The Morgan fingerprint density at radius 1 is 0.880 bits per heavy atom. The van der Waals surface area contributed by atoms with Crippen LogP contribution in [0, 0.1) is 0 Å². The van der Waals surface area contributed by atoms with E-state index in [1.807, 2.05) is 18.3 Å². The van der Waals surface area contributed by atoms with Gasteiger partial charge in [-0.1, -0.05) is 12.1 Å². The standard InChI is InChI=1S/C19H18BN4.Ir/c1-14(2)23-17-5-3-4-6-18(17)24(20-23)19-8-7-16(13-22-19)15-9-11-21-12-10-15;/h3-14H,1-2H3;. The molecule has 126 valence electrons. The van der Waals surface area contributed by atoms with Crippen molar-refractivity contribution < 1.29 is 20.1 Å². The molecule has 25 heavy (non-hydrogen) atoms. The summed E-state index contributed by atoms with van der Waals surface area (Å²) in [5.74, 6) is 0.920. The minimum atomic E-state index is 0. The molecule has 0 bridgehead atoms. The molecule has 0 fully saturated rings. The van der Waals surface area contributed by atoms with Crippen molar-refractivity contribution in [1.82, 2.24) is 9.97 Å². The van der Waals surface area contributed by atoms with E-state index in [4.69, 9.17) is 0 Å². The van der Waals surface area contributed by atoms with Crippen molar-refractivity contribution in [3.8, 4) is 11.1 Å². The first-order chi connectivity index (χ1) is 11.7. The van der Waals surface area contributed by atoms with E-state index in [1.54, 1.807) is 12.4 Å². The van der Waals surface area contributed by atoms with Crippen LogP contribution in [0.1, 0.15) is 13.8 Å². The molecule has 0 N–H and O–H groups in total. The molecule has 0 amide bonds. The molecule has 2 radical (unpaired) electrons. The van der Waals surface area contributed by atoms with Crippen molar-refractivity contribution in [3.05, 3.63) is 67.1 Å². The van der Waals surface area contributed by atoms with Crippen molar-refractivity contribution in [2.45, 2.75) is 19.9 Å². The van der Waals surface area contributed by atoms with Crippen molar-refractivity contribution in [2.75, 3.05) is 9.62 Å². The number of pyridine rings is 2. The number of aromatic nitrogens is 2. The number of nitrogens with zero attached hydrogens (tertiary/aromatic N) is 4. The maximum Gasteiger partial charge on any atom is 0.397 e. The van der Waals surface area contributed by atoms with Crippen molar-refractivity contribution in [2.24, 2.45) is 0 Å². The first kappa shape index (κ1) is 17.7. The van der Waals surface area contributed by atoms with Gasteiger partial charge in [0.25, 0.3) is 0 Å². The zero-order valence-electron chi connectivity index (χ0n) is 14.1. The van der Waals surface area contributed by atoms with Gasteiger partial charge in [-0.25, -0.2) is 4.98 Å². The second-order valence-electron chi connectivity index (χ2n) is 6.12. The van der Waals surface area contributed by atoms with Crippen LogP contribution in [0.15, 0.2) is 67.1 Å². The number of anilines is 3. The molecular formula is C19H18BIrN4. The fourth-order valence-corrected chi connectivity index (χ4v) is 2.97. The van der Waals surface area contributed by atoms with E-state index in [0.717, 1.165) is 22.6 Å². The largest absolute Gasteiger partial charge is 0.397 e. The molecule has 4 rings (SSSR count). The molecule has 4 nitrogen and oxygen atoms in total. The summed E-state index contributed by atoms with van der Waals surface area (Å²) in [5.41, 5.74) is 4.59. The number of benzene rings is 1. The Hall–Kier alpha value is -2.17. The van der Waals surface area contributed by atoms with Gasteiger partial charge in [0, 0.05) is 56.0 Å². The predicted molar refractivity (Wildman–Crippen MR) is 99.4 cm³/mol. The van der Waals surface area contributed by atoms with Crippen LogP contribution in [0.25, 0.3) is 11.1 Å². The summed E-state index contributed by atoms with van der Waals surface area (Å²) in [6, 6.07) is 17.0. The summed E-state index contributed by atoms with van der Waals surface area (Å²) >= 11 is 0. The number of fused-ring (bicyclic) bond motifs is 1. The van der Waals surface area contributed by atoms with Gasteiger partial charge in [-0.3, -0.25) is 4.98 Å². The fraction of sp³-hybridized carbons (Fsp3) is 0.158. The molecule has 2 aromatic heterocycles. The molecule has 0 atom stereocenters. The van der Waals surface area contributed by atoms with E-state index >= 15 is 0 Å². The SMILES string of the molecule is CC(C)N1[B]N(c2ccc(-c3ccncc3)cn2)c2ccccc21.[Ir]. The van der Waals surface area contributed by atoms with Crippen LogP contribution < -0.4 is 9.62 Å². The Bertz CT molecular complexity index is 840. The van der Waals surface area contributed by atoms with Gasteiger partial charge in [0.1, 0.15) is 5.82 Å². The molecule has 0 aliphatic carbocycles. The van der Waals surface area contributed by atoms with E-state index in [2.05, 4.69) is 77.4 Å². The smallest absolute Gasteiger partial charge is 0.395 e. The van der Waals surface area contributed by atoms with Crippen molar-refractivity contribution in [1.29, 1.82) is 0 Å². The molecule has 1 aliphatic heterocycles. The Kier molecular flexibility index (Phi) is 5.21. The molecule has 1 aromatic carbocycles. The molecule has 0 spiro atoms. The minimum absolute atomic E-state index is 0. The third-order valence-corrected chi connectivity index (χ3v) is 4.22. The van der Waals surface area contributed by atoms with Gasteiger partial charge in [-0.05, 0) is 55.8 Å². The van der Waals surface area contributed by atoms with E-state index in [0.29, 0.717) is 6.04 Å². The van der Waals surface area contributed by atoms with Gasteiger partial charge in [0.2, 0.25) is 0 Å². The molecule has 1 aliphatic rings. The first-order valence-corrected chi connectivity index (χ1v) is 8.12. The molecule has 3 heterocycles. The summed E-state index contributed by atoms with van der Waals surface area (Å²) < 4.78 is 0. The fourth-order valence-electron chi connectivity index (χ4n) is 2.97. The predicted octanol–water partition coefficient (Wildman–Crippen LogP) is 4.04. The molecular weight excluding hydrogens is 487 g/mol. The normalized spacial score (nSPS) is 12.6. The van der Waals surface area contributed by atoms with Crippen LogP contribution >= 0.6 is 0 Å². The van der Waals surface area contributed by atoms with Gasteiger partial charge < -0.3 is 9.62 Å². The van der Waals surface area contributed by atoms with E-state index in [9.17, 15) is 0 Å². The summed E-state index contributed by atoms with van der Waals surface area (Å²) in [4.78, 5) is 13.2. The van der Waals surface area contributed by atoms with Gasteiger partial charge in [0.15, 0.2) is 0 Å². The summed E-state index contributed by atoms with van der Waals surface area (Å²) in [5, 5.41) is 0. The number of hydrogen-bond acceptors (Lipinski definition) is 4. The maximum absolute atomic E-state index is 4.68. The van der Waals surface area contributed by atoms with Crippen LogP contribution in [0.5, 0.6) is 0 Å². The summed E-state index contributed by atoms with van der Waals surface area (Å²) in [6.45, 7) is 4.38.